The van der Waals surface area contributed by atoms with Gasteiger partial charge >= 0.3 is 0 Å². The molecule has 5 heteroatoms. The van der Waals surface area contributed by atoms with Crippen molar-refractivity contribution in [2.75, 3.05) is 7.11 Å². The third-order valence-corrected chi connectivity index (χ3v) is 6.07. The van der Waals surface area contributed by atoms with Crippen molar-refractivity contribution in [2.45, 2.75) is 4.90 Å². The molecule has 0 unspecified atom stereocenters. The molecular formula is C25H18N2O2S. The second kappa shape index (κ2) is 7.69. The second-order valence-electron chi connectivity index (χ2n) is 6.87. The quantitative estimate of drug-likeness (QED) is 0.305. The first-order chi connectivity index (χ1) is 14.7. The van der Waals surface area contributed by atoms with Crippen molar-refractivity contribution in [1.82, 2.24) is 9.78 Å². The van der Waals surface area contributed by atoms with Crippen molar-refractivity contribution < 1.29 is 9.53 Å². The zero-order valence-electron chi connectivity index (χ0n) is 16.3. The van der Waals surface area contributed by atoms with Crippen LogP contribution in [-0.2, 0) is 0 Å². The molecule has 30 heavy (non-hydrogen) atoms. The smallest absolute Gasteiger partial charge is 0.188 e. The van der Waals surface area contributed by atoms with Crippen LogP contribution in [0.3, 0.4) is 0 Å². The normalized spacial score (nSPS) is 13.6. The number of aromatic nitrogens is 2. The van der Waals surface area contributed by atoms with Crippen LogP contribution in [0.5, 0.6) is 5.75 Å². The van der Waals surface area contributed by atoms with Crippen LogP contribution < -0.4 is 4.74 Å². The Morgan fingerprint density at radius 2 is 1.70 bits per heavy atom. The van der Waals surface area contributed by atoms with Gasteiger partial charge in [-0.05, 0) is 36.4 Å². The average molecular weight is 410 g/mol. The van der Waals surface area contributed by atoms with Crippen molar-refractivity contribution >= 4 is 22.6 Å². The van der Waals surface area contributed by atoms with E-state index in [1.807, 2.05) is 47.1 Å². The highest BCUT2D eigenvalue weighted by Crippen LogP contribution is 2.45. The maximum atomic E-state index is 12.9. The largest absolute Gasteiger partial charge is 0.497 e. The number of benzene rings is 3. The molecule has 0 saturated heterocycles. The molecule has 2 heterocycles. The lowest BCUT2D eigenvalue weighted by Crippen LogP contribution is -2.07. The summed E-state index contributed by atoms with van der Waals surface area (Å²) in [6, 6.07) is 27.5. The highest BCUT2D eigenvalue weighted by molar-refractivity contribution is 8.08. The SMILES string of the molecule is COc1ccc(C(=O)/C=C2/Sc3ccccc3-c3cc(-c4ccccc4)nn32)cc1. The molecule has 0 bridgehead atoms. The highest BCUT2D eigenvalue weighted by Gasteiger charge is 2.24. The van der Waals surface area contributed by atoms with Gasteiger partial charge in [-0.1, -0.05) is 60.3 Å². The van der Waals surface area contributed by atoms with Crippen LogP contribution in [0.2, 0.25) is 0 Å². The van der Waals surface area contributed by atoms with Gasteiger partial charge in [0.25, 0.3) is 0 Å². The van der Waals surface area contributed by atoms with Gasteiger partial charge in [-0.25, -0.2) is 4.68 Å². The molecule has 1 aliphatic rings. The van der Waals surface area contributed by atoms with Crippen molar-refractivity contribution in [3.8, 4) is 28.3 Å². The number of nitrogens with zero attached hydrogens (tertiary/aromatic N) is 2. The molecule has 3 aromatic carbocycles. The van der Waals surface area contributed by atoms with Crippen LogP contribution in [0.1, 0.15) is 10.4 Å². The Kier molecular flexibility index (Phi) is 4.73. The lowest BCUT2D eigenvalue weighted by Gasteiger charge is -2.19. The van der Waals surface area contributed by atoms with Crippen LogP contribution in [0.15, 0.2) is 95.9 Å². The van der Waals surface area contributed by atoms with Gasteiger partial charge < -0.3 is 4.74 Å². The Labute approximate surface area is 178 Å². The molecule has 0 spiro atoms. The van der Waals surface area contributed by atoms with E-state index in [-0.39, 0.29) is 5.78 Å². The standard InChI is InChI=1S/C25H18N2O2S/c1-29-19-13-11-18(12-14-19)23(28)16-25-27-22(20-9-5-6-10-24(20)30-25)15-21(26-27)17-7-3-2-4-8-17/h2-16H,1H3/b25-16+. The number of methoxy groups -OCH3 is 1. The Morgan fingerprint density at radius 1 is 0.967 bits per heavy atom. The van der Waals surface area contributed by atoms with Gasteiger partial charge in [0.1, 0.15) is 10.8 Å². The van der Waals surface area contributed by atoms with Gasteiger partial charge in [0.2, 0.25) is 0 Å². The number of thioether (sulfide) groups is 1. The highest BCUT2D eigenvalue weighted by atomic mass is 32.2. The fourth-order valence-corrected chi connectivity index (χ4v) is 4.50. The molecule has 1 aromatic heterocycles. The van der Waals surface area contributed by atoms with Gasteiger partial charge in [-0.15, -0.1) is 0 Å². The molecule has 0 fully saturated rings. The Balaban J connectivity index is 1.60. The van der Waals surface area contributed by atoms with E-state index >= 15 is 0 Å². The maximum absolute atomic E-state index is 12.9. The molecule has 0 radical (unpaired) electrons. The second-order valence-corrected chi connectivity index (χ2v) is 7.93. The lowest BCUT2D eigenvalue weighted by atomic mass is 10.1. The molecule has 0 atom stereocenters. The predicted molar refractivity (Wildman–Crippen MR) is 121 cm³/mol. The Bertz CT molecular complexity index is 1260. The minimum absolute atomic E-state index is 0.0674. The van der Waals surface area contributed by atoms with Crippen LogP contribution in [0.25, 0.3) is 27.5 Å². The van der Waals surface area contributed by atoms with E-state index in [4.69, 9.17) is 9.84 Å². The molecule has 0 aliphatic carbocycles. The van der Waals surface area contributed by atoms with E-state index in [1.165, 1.54) is 0 Å². The van der Waals surface area contributed by atoms with Crippen LogP contribution >= 0.6 is 11.8 Å². The maximum Gasteiger partial charge on any atom is 0.188 e. The topological polar surface area (TPSA) is 44.1 Å². The zero-order chi connectivity index (χ0) is 20.5. The molecule has 0 amide bonds. The number of carbonyl (C=O) groups is 1. The summed E-state index contributed by atoms with van der Waals surface area (Å²) in [5.41, 5.74) is 4.64. The number of ketones is 1. The van der Waals surface area contributed by atoms with Crippen molar-refractivity contribution in [2.24, 2.45) is 0 Å². The van der Waals surface area contributed by atoms with Gasteiger partial charge in [0, 0.05) is 27.7 Å². The number of carbonyl (C=O) groups excluding carboxylic acids is 1. The number of fused-ring (bicyclic) bond motifs is 3. The lowest BCUT2D eigenvalue weighted by molar-refractivity contribution is 0.104. The number of hydrogen-bond acceptors (Lipinski definition) is 4. The number of hydrogen-bond donors (Lipinski definition) is 0. The monoisotopic (exact) mass is 410 g/mol. The minimum Gasteiger partial charge on any atom is -0.497 e. The summed E-state index contributed by atoms with van der Waals surface area (Å²) < 4.78 is 7.06. The van der Waals surface area contributed by atoms with E-state index in [9.17, 15) is 4.79 Å². The molecular weight excluding hydrogens is 392 g/mol. The van der Waals surface area contributed by atoms with Gasteiger partial charge in [0.05, 0.1) is 18.5 Å². The summed E-state index contributed by atoms with van der Waals surface area (Å²) in [6.45, 7) is 0. The molecule has 4 nitrogen and oxygen atoms in total. The summed E-state index contributed by atoms with van der Waals surface area (Å²) in [5.74, 6) is 0.657. The number of rotatable bonds is 4. The van der Waals surface area contributed by atoms with E-state index in [1.54, 1.807) is 49.2 Å². The van der Waals surface area contributed by atoms with E-state index < -0.39 is 0 Å². The fourth-order valence-electron chi connectivity index (χ4n) is 3.46. The zero-order valence-corrected chi connectivity index (χ0v) is 17.1. The van der Waals surface area contributed by atoms with Gasteiger partial charge in [-0.3, -0.25) is 4.79 Å². The molecule has 146 valence electrons. The van der Waals surface area contributed by atoms with Crippen molar-refractivity contribution in [3.63, 3.8) is 0 Å². The summed E-state index contributed by atoms with van der Waals surface area (Å²) >= 11 is 1.55. The summed E-state index contributed by atoms with van der Waals surface area (Å²) in [7, 11) is 1.61. The molecule has 1 aliphatic heterocycles. The van der Waals surface area contributed by atoms with Crippen LogP contribution in [0, 0.1) is 0 Å². The number of allylic oxidation sites excluding steroid dienone is 1. The minimum atomic E-state index is -0.0674. The van der Waals surface area contributed by atoms with Crippen LogP contribution in [-0.4, -0.2) is 22.7 Å². The molecule has 0 saturated carbocycles. The van der Waals surface area contributed by atoms with E-state index in [0.717, 1.165) is 38.2 Å². The molecule has 4 aromatic rings. The average Bonchev–Trinajstić information content (AvgIpc) is 3.26. The summed E-state index contributed by atoms with van der Waals surface area (Å²) in [4.78, 5) is 14.0. The Morgan fingerprint density at radius 3 is 2.47 bits per heavy atom. The predicted octanol–water partition coefficient (Wildman–Crippen LogP) is 6.01. The molecule has 0 N–H and O–H groups in total. The van der Waals surface area contributed by atoms with E-state index in [0.29, 0.717) is 5.56 Å². The Hall–Kier alpha value is -3.57. The third kappa shape index (κ3) is 3.33. The third-order valence-electron chi connectivity index (χ3n) is 4.99. The molecule has 5 rings (SSSR count). The first kappa shape index (κ1) is 18.5. The van der Waals surface area contributed by atoms with E-state index in [2.05, 4.69) is 18.2 Å². The van der Waals surface area contributed by atoms with Crippen LogP contribution in [0.4, 0.5) is 0 Å². The summed E-state index contributed by atoms with van der Waals surface area (Å²) in [6.07, 6.45) is 1.66. The van der Waals surface area contributed by atoms with Gasteiger partial charge in [-0.2, -0.15) is 5.10 Å². The van der Waals surface area contributed by atoms with Crippen molar-refractivity contribution in [3.05, 3.63) is 96.6 Å². The van der Waals surface area contributed by atoms with Crippen molar-refractivity contribution in [1.29, 1.82) is 0 Å². The first-order valence-corrected chi connectivity index (χ1v) is 10.4. The first-order valence-electron chi connectivity index (χ1n) is 9.56. The fraction of sp³-hybridized carbons (Fsp3) is 0.0400. The van der Waals surface area contributed by atoms with Gasteiger partial charge in [0.15, 0.2) is 5.78 Å². The number of ether oxygens (including phenoxy) is 1. The summed E-state index contributed by atoms with van der Waals surface area (Å²) in [5, 5.41) is 5.61.